The lowest BCUT2D eigenvalue weighted by atomic mass is 10.1. The Hall–Kier alpha value is -1.06. The number of hydrazine groups is 1. The zero-order valence-electron chi connectivity index (χ0n) is 9.92. The van der Waals surface area contributed by atoms with Crippen LogP contribution in [0.4, 0.5) is 0 Å². The highest BCUT2D eigenvalue weighted by atomic mass is 35.5. The van der Waals surface area contributed by atoms with Gasteiger partial charge in [-0.1, -0.05) is 29.8 Å². The summed E-state index contributed by atoms with van der Waals surface area (Å²) in [5, 5.41) is 0.736. The lowest BCUT2D eigenvalue weighted by Gasteiger charge is -2.16. The Balaban J connectivity index is 2.87. The molecule has 0 aliphatic rings. The number of hydrogen-bond donors (Lipinski definition) is 2. The minimum absolute atomic E-state index is 0.150. The van der Waals surface area contributed by atoms with Gasteiger partial charge in [-0.25, -0.2) is 5.84 Å². The number of benzene rings is 1. The van der Waals surface area contributed by atoms with Crippen LogP contribution in [0.3, 0.4) is 0 Å². The first-order valence-corrected chi connectivity index (χ1v) is 5.59. The van der Waals surface area contributed by atoms with E-state index in [4.69, 9.17) is 17.4 Å². The number of halogens is 1. The van der Waals surface area contributed by atoms with Gasteiger partial charge in [0, 0.05) is 11.4 Å². The van der Waals surface area contributed by atoms with E-state index < -0.39 is 0 Å². The van der Waals surface area contributed by atoms with Gasteiger partial charge in [0.2, 0.25) is 0 Å². The lowest BCUT2D eigenvalue weighted by Crippen LogP contribution is -2.34. The summed E-state index contributed by atoms with van der Waals surface area (Å²) in [5.74, 6) is 6.19. The van der Waals surface area contributed by atoms with Crippen LogP contribution in [0, 0.1) is 0 Å². The predicted molar refractivity (Wildman–Crippen MR) is 69.7 cm³/mol. The molecule has 0 atom stereocenters. The molecule has 88 valence electrons. The number of hydrogen-bond acceptors (Lipinski definition) is 2. The van der Waals surface area contributed by atoms with Gasteiger partial charge in [-0.05, 0) is 32.4 Å². The van der Waals surface area contributed by atoms with E-state index in [0.717, 1.165) is 16.4 Å². The average molecular weight is 240 g/mol. The van der Waals surface area contributed by atoms with Gasteiger partial charge in [-0.3, -0.25) is 4.99 Å². The van der Waals surface area contributed by atoms with Crippen molar-refractivity contribution >= 4 is 17.4 Å². The molecule has 0 saturated heterocycles. The Kier molecular flexibility index (Phi) is 4.33. The molecule has 0 saturated carbocycles. The molecule has 0 bridgehead atoms. The smallest absolute Gasteiger partial charge is 0.115 e. The van der Waals surface area contributed by atoms with Crippen LogP contribution in [-0.2, 0) is 6.42 Å². The molecule has 0 spiro atoms. The van der Waals surface area contributed by atoms with Crippen molar-refractivity contribution in [2.75, 3.05) is 0 Å². The maximum atomic E-state index is 6.07. The fraction of sp³-hybridized carbons (Fsp3) is 0.417. The van der Waals surface area contributed by atoms with Crippen molar-refractivity contribution in [3.63, 3.8) is 0 Å². The van der Waals surface area contributed by atoms with Crippen molar-refractivity contribution in [1.29, 1.82) is 0 Å². The van der Waals surface area contributed by atoms with Gasteiger partial charge < -0.3 is 5.43 Å². The molecule has 0 amide bonds. The second-order valence-electron chi connectivity index (χ2n) is 4.64. The second-order valence-corrected chi connectivity index (χ2v) is 5.05. The van der Waals surface area contributed by atoms with Gasteiger partial charge in [-0.15, -0.1) is 0 Å². The lowest BCUT2D eigenvalue weighted by molar-refractivity contribution is 0.578. The molecule has 0 unspecified atom stereocenters. The minimum atomic E-state index is -0.150. The van der Waals surface area contributed by atoms with Gasteiger partial charge in [0.1, 0.15) is 5.84 Å². The average Bonchev–Trinajstić information content (AvgIpc) is 2.18. The second kappa shape index (κ2) is 5.32. The monoisotopic (exact) mass is 239 g/mol. The van der Waals surface area contributed by atoms with Crippen LogP contribution < -0.4 is 11.3 Å². The zero-order chi connectivity index (χ0) is 12.2. The molecule has 3 nitrogen and oxygen atoms in total. The number of nitrogens with two attached hydrogens (primary N) is 1. The summed E-state index contributed by atoms with van der Waals surface area (Å²) in [4.78, 5) is 4.49. The summed E-state index contributed by atoms with van der Waals surface area (Å²) in [6.07, 6.45) is 0.618. The van der Waals surface area contributed by atoms with Gasteiger partial charge in [0.05, 0.1) is 5.54 Å². The van der Waals surface area contributed by atoms with Gasteiger partial charge in [-0.2, -0.15) is 0 Å². The van der Waals surface area contributed by atoms with Gasteiger partial charge >= 0.3 is 0 Å². The number of amidine groups is 1. The van der Waals surface area contributed by atoms with Crippen molar-refractivity contribution in [3.8, 4) is 0 Å². The molecule has 0 radical (unpaired) electrons. The summed E-state index contributed by atoms with van der Waals surface area (Å²) >= 11 is 6.07. The summed E-state index contributed by atoms with van der Waals surface area (Å²) in [6, 6.07) is 7.69. The molecule has 1 aromatic carbocycles. The topological polar surface area (TPSA) is 50.4 Å². The normalized spacial score (nSPS) is 12.7. The molecule has 16 heavy (non-hydrogen) atoms. The summed E-state index contributed by atoms with van der Waals surface area (Å²) in [5.41, 5.74) is 3.49. The van der Waals surface area contributed by atoms with Crippen molar-refractivity contribution in [2.24, 2.45) is 10.8 Å². The Morgan fingerprint density at radius 3 is 2.50 bits per heavy atom. The maximum Gasteiger partial charge on any atom is 0.115 e. The molecule has 0 fully saturated rings. The van der Waals surface area contributed by atoms with Crippen LogP contribution in [0.2, 0.25) is 5.02 Å². The molecule has 1 rings (SSSR count). The first kappa shape index (κ1) is 13.0. The van der Waals surface area contributed by atoms with Crippen molar-refractivity contribution in [2.45, 2.75) is 32.7 Å². The van der Waals surface area contributed by atoms with Crippen molar-refractivity contribution < 1.29 is 0 Å². The van der Waals surface area contributed by atoms with Crippen molar-refractivity contribution in [1.82, 2.24) is 5.43 Å². The van der Waals surface area contributed by atoms with Crippen LogP contribution in [-0.4, -0.2) is 11.4 Å². The molecule has 1 aromatic rings. The Morgan fingerprint density at radius 1 is 1.38 bits per heavy atom. The molecule has 0 aliphatic carbocycles. The van der Waals surface area contributed by atoms with Crippen LogP contribution in [0.1, 0.15) is 26.3 Å². The molecule has 4 heteroatoms. The summed E-state index contributed by atoms with van der Waals surface area (Å²) < 4.78 is 0. The first-order chi connectivity index (χ1) is 7.42. The van der Waals surface area contributed by atoms with Crippen LogP contribution >= 0.6 is 11.6 Å². The quantitative estimate of drug-likeness (QED) is 0.361. The molecular formula is C12H18ClN3. The van der Waals surface area contributed by atoms with E-state index in [0.29, 0.717) is 6.42 Å². The fourth-order valence-corrected chi connectivity index (χ4v) is 1.55. The SMILES string of the molecule is CC(C)(C)N=C(Cc1ccccc1Cl)NN. The largest absolute Gasteiger partial charge is 0.312 e. The van der Waals surface area contributed by atoms with Crippen molar-refractivity contribution in [3.05, 3.63) is 34.9 Å². The Bertz CT molecular complexity index is 380. The van der Waals surface area contributed by atoms with E-state index in [-0.39, 0.29) is 5.54 Å². The van der Waals surface area contributed by atoms with E-state index in [1.807, 2.05) is 45.0 Å². The molecular weight excluding hydrogens is 222 g/mol. The highest BCUT2D eigenvalue weighted by Gasteiger charge is 2.10. The molecule has 0 aliphatic heterocycles. The Morgan fingerprint density at radius 2 is 2.00 bits per heavy atom. The number of aliphatic imine (C=N–C) groups is 1. The minimum Gasteiger partial charge on any atom is -0.312 e. The van der Waals surface area contributed by atoms with E-state index >= 15 is 0 Å². The van der Waals surface area contributed by atoms with E-state index in [9.17, 15) is 0 Å². The van der Waals surface area contributed by atoms with Crippen LogP contribution in [0.25, 0.3) is 0 Å². The predicted octanol–water partition coefficient (Wildman–Crippen LogP) is 2.54. The summed E-state index contributed by atoms with van der Waals surface area (Å²) in [6.45, 7) is 6.07. The number of nitrogens with zero attached hydrogens (tertiary/aromatic N) is 1. The van der Waals surface area contributed by atoms with Crippen LogP contribution in [0.15, 0.2) is 29.3 Å². The van der Waals surface area contributed by atoms with Gasteiger partial charge in [0.15, 0.2) is 0 Å². The van der Waals surface area contributed by atoms with Gasteiger partial charge in [0.25, 0.3) is 0 Å². The summed E-state index contributed by atoms with van der Waals surface area (Å²) in [7, 11) is 0. The standard InChI is InChI=1S/C12H18ClN3/c1-12(2,3)15-11(16-14)8-9-6-4-5-7-10(9)13/h4-7H,8,14H2,1-3H3,(H,15,16). The highest BCUT2D eigenvalue weighted by molar-refractivity contribution is 6.31. The van der Waals surface area contributed by atoms with E-state index in [2.05, 4.69) is 10.4 Å². The van der Waals surface area contributed by atoms with Crippen LogP contribution in [0.5, 0.6) is 0 Å². The third-order valence-corrected chi connectivity index (χ3v) is 2.32. The number of nitrogens with one attached hydrogen (secondary N) is 1. The van der Waals surface area contributed by atoms with E-state index in [1.54, 1.807) is 0 Å². The van der Waals surface area contributed by atoms with E-state index in [1.165, 1.54) is 0 Å². The highest BCUT2D eigenvalue weighted by Crippen LogP contribution is 2.16. The first-order valence-electron chi connectivity index (χ1n) is 5.21. The third kappa shape index (κ3) is 4.21. The molecule has 0 aromatic heterocycles. The Labute approximate surface area is 102 Å². The molecule has 3 N–H and O–H groups in total. The fourth-order valence-electron chi connectivity index (χ4n) is 1.35. The maximum absolute atomic E-state index is 6.07. The molecule has 0 heterocycles. The number of rotatable bonds is 2. The zero-order valence-corrected chi connectivity index (χ0v) is 10.7. The third-order valence-electron chi connectivity index (χ3n) is 1.95.